The first-order valence-corrected chi connectivity index (χ1v) is 14.6. The zero-order valence-electron chi connectivity index (χ0n) is 25.8. The third-order valence-electron chi connectivity index (χ3n) is 7.18. The largest absolute Gasteiger partial charge is 0.416 e. The van der Waals surface area contributed by atoms with Gasteiger partial charge in [0.05, 0.1) is 36.5 Å². The summed E-state index contributed by atoms with van der Waals surface area (Å²) in [5, 5.41) is 56.3. The summed E-state index contributed by atoms with van der Waals surface area (Å²) in [5.74, 6) is -0.546. The zero-order valence-corrected chi connectivity index (χ0v) is 25.8. The third-order valence-corrected chi connectivity index (χ3v) is 7.18. The molecule has 0 radical (unpaired) electrons. The lowest BCUT2D eigenvalue weighted by Gasteiger charge is -2.34. The van der Waals surface area contributed by atoms with E-state index in [0.717, 1.165) is 42.5 Å². The second-order valence-electron chi connectivity index (χ2n) is 11.1. The smallest absolute Gasteiger partial charge is 0.388 e. The molecule has 2 aromatic carbocycles. The predicted octanol–water partition coefficient (Wildman–Crippen LogP) is 2.12. The van der Waals surface area contributed by atoms with Crippen LogP contribution in [-0.2, 0) is 31.4 Å². The highest BCUT2D eigenvalue weighted by Crippen LogP contribution is 2.30. The SMILES string of the molecule is CC(=O)C[C@@H]1OC[C@@H](O)[C@H](O)[C@H]1O.O=C(/C=C/c1ccc(C(F)(F)F)cc1)C[C@@H]1OC[C@@H](O)[C@H](O)[C@H]1O.O=Cc1ccc(C(F)(F)F)cc1. The van der Waals surface area contributed by atoms with E-state index in [0.29, 0.717) is 11.8 Å². The molecule has 0 aliphatic carbocycles. The van der Waals surface area contributed by atoms with Crippen LogP contribution in [0.1, 0.15) is 46.8 Å². The number of ether oxygens (including phenoxy) is 2. The Morgan fingerprint density at radius 3 is 1.43 bits per heavy atom. The van der Waals surface area contributed by atoms with E-state index in [2.05, 4.69) is 0 Å². The number of halogens is 6. The Hall–Kier alpha value is -3.55. The number of rotatable bonds is 7. The molecule has 2 aliphatic heterocycles. The molecule has 0 bridgehead atoms. The molecule has 0 unspecified atom stereocenters. The molecule has 2 fully saturated rings. The van der Waals surface area contributed by atoms with Crippen molar-refractivity contribution in [3.8, 4) is 0 Å². The van der Waals surface area contributed by atoms with Crippen LogP contribution in [0.3, 0.4) is 0 Å². The van der Waals surface area contributed by atoms with Gasteiger partial charge in [0.1, 0.15) is 48.7 Å². The minimum atomic E-state index is -4.42. The van der Waals surface area contributed by atoms with Gasteiger partial charge in [0.15, 0.2) is 5.78 Å². The van der Waals surface area contributed by atoms with Crippen molar-refractivity contribution in [3.05, 3.63) is 76.9 Å². The summed E-state index contributed by atoms with van der Waals surface area (Å²) in [4.78, 5) is 32.6. The van der Waals surface area contributed by atoms with Gasteiger partial charge in [-0.05, 0) is 42.8 Å². The summed E-state index contributed by atoms with van der Waals surface area (Å²) in [6.45, 7) is 1.14. The molecule has 17 heteroatoms. The standard InChI is InChI=1S/C16H17F3O5.C8H5F3O.C8H14O5/c17-16(18,19)10-4-1-9(2-5-10)3-6-11(20)7-13-15(23)14(22)12(21)8-24-13;9-8(10,11)7-3-1-6(5-12)2-4-7;1-4(9)2-6-8(12)7(11)5(10)3-13-6/h1-6,12-15,21-23H,7-8H2;1-5H;5-8,10-12H,2-3H2,1H3/b6-3+;;/t12-,13+,14+,15+;;5-,6+,7+,8+/m1.1/s1. The summed E-state index contributed by atoms with van der Waals surface area (Å²) in [6.07, 6.45) is -15.0. The van der Waals surface area contributed by atoms with Gasteiger partial charge in [0.2, 0.25) is 0 Å². The molecule has 11 nitrogen and oxygen atoms in total. The van der Waals surface area contributed by atoms with E-state index in [1.807, 2.05) is 0 Å². The van der Waals surface area contributed by atoms with Crippen LogP contribution in [0.25, 0.3) is 6.08 Å². The second-order valence-corrected chi connectivity index (χ2v) is 11.1. The summed E-state index contributed by atoms with van der Waals surface area (Å²) >= 11 is 0. The first-order chi connectivity index (χ1) is 22.7. The molecule has 49 heavy (non-hydrogen) atoms. The van der Waals surface area contributed by atoms with Crippen LogP contribution in [0.5, 0.6) is 0 Å². The number of aliphatic hydroxyl groups excluding tert-OH is 6. The number of aliphatic hydroxyl groups is 6. The highest BCUT2D eigenvalue weighted by Gasteiger charge is 2.39. The first-order valence-electron chi connectivity index (χ1n) is 14.6. The van der Waals surface area contributed by atoms with Gasteiger partial charge < -0.3 is 40.1 Å². The Morgan fingerprint density at radius 1 is 0.673 bits per heavy atom. The molecule has 0 aromatic heterocycles. The number of carbonyl (C=O) groups is 3. The van der Waals surface area contributed by atoms with Crippen LogP contribution in [0.2, 0.25) is 0 Å². The van der Waals surface area contributed by atoms with Crippen molar-refractivity contribution in [2.75, 3.05) is 13.2 Å². The number of benzene rings is 2. The van der Waals surface area contributed by atoms with Crippen molar-refractivity contribution >= 4 is 23.9 Å². The maximum Gasteiger partial charge on any atom is 0.416 e. The van der Waals surface area contributed by atoms with Gasteiger partial charge in [0.25, 0.3) is 0 Å². The average molecular weight is 711 g/mol. The first kappa shape index (κ1) is 41.6. The van der Waals surface area contributed by atoms with E-state index in [1.54, 1.807) is 0 Å². The summed E-state index contributed by atoms with van der Waals surface area (Å²) in [5.41, 5.74) is -0.870. The van der Waals surface area contributed by atoms with E-state index in [-0.39, 0.29) is 37.4 Å². The van der Waals surface area contributed by atoms with E-state index in [9.17, 15) is 66.3 Å². The third kappa shape index (κ3) is 13.4. The maximum absolute atomic E-state index is 12.4. The molecule has 4 rings (SSSR count). The molecule has 0 spiro atoms. The van der Waals surface area contributed by atoms with Crippen molar-refractivity contribution in [2.45, 2.75) is 80.9 Å². The fourth-order valence-electron chi connectivity index (χ4n) is 4.37. The monoisotopic (exact) mass is 710 g/mol. The van der Waals surface area contributed by atoms with Crippen molar-refractivity contribution in [3.63, 3.8) is 0 Å². The number of allylic oxidation sites excluding steroid dienone is 1. The van der Waals surface area contributed by atoms with Gasteiger partial charge in [-0.2, -0.15) is 26.3 Å². The van der Waals surface area contributed by atoms with E-state index in [1.165, 1.54) is 25.1 Å². The number of ketones is 2. The van der Waals surface area contributed by atoms with Crippen molar-refractivity contribution in [1.82, 2.24) is 0 Å². The van der Waals surface area contributed by atoms with Gasteiger partial charge in [-0.3, -0.25) is 14.4 Å². The predicted molar refractivity (Wildman–Crippen MR) is 158 cm³/mol. The highest BCUT2D eigenvalue weighted by molar-refractivity contribution is 5.93. The summed E-state index contributed by atoms with van der Waals surface area (Å²) in [6, 6.07) is 8.32. The van der Waals surface area contributed by atoms with Crippen LogP contribution in [0.4, 0.5) is 26.3 Å². The molecule has 2 aliphatic rings. The van der Waals surface area contributed by atoms with Gasteiger partial charge in [-0.25, -0.2) is 0 Å². The number of Topliss-reactive ketones (excluding diaryl/α,β-unsaturated/α-hetero) is 1. The molecule has 2 aromatic rings. The highest BCUT2D eigenvalue weighted by atomic mass is 19.4. The molecule has 0 saturated carbocycles. The minimum absolute atomic E-state index is 0.0455. The number of alkyl halides is 6. The van der Waals surface area contributed by atoms with E-state index < -0.39 is 78.1 Å². The van der Waals surface area contributed by atoms with Crippen LogP contribution in [0, 0.1) is 0 Å². The lowest BCUT2D eigenvalue weighted by Crippen LogP contribution is -2.53. The van der Waals surface area contributed by atoms with Crippen molar-refractivity contribution in [2.24, 2.45) is 0 Å². The summed E-state index contributed by atoms with van der Waals surface area (Å²) < 4.78 is 83.2. The van der Waals surface area contributed by atoms with Crippen LogP contribution in [0.15, 0.2) is 54.6 Å². The Kier molecular flexibility index (Phi) is 15.7. The van der Waals surface area contributed by atoms with Gasteiger partial charge in [-0.15, -0.1) is 0 Å². The molecule has 6 N–H and O–H groups in total. The Morgan fingerprint density at radius 2 is 1.06 bits per heavy atom. The lowest BCUT2D eigenvalue weighted by molar-refractivity contribution is -0.188. The van der Waals surface area contributed by atoms with Crippen LogP contribution >= 0.6 is 0 Å². The van der Waals surface area contributed by atoms with Crippen molar-refractivity contribution < 1.29 is 80.8 Å². The molecule has 0 amide bonds. The number of carbonyl (C=O) groups excluding carboxylic acids is 3. The maximum atomic E-state index is 12.4. The Labute approximate surface area is 276 Å². The lowest BCUT2D eigenvalue weighted by atomic mass is 9.96. The Bertz CT molecular complexity index is 1380. The van der Waals surface area contributed by atoms with E-state index >= 15 is 0 Å². The fourth-order valence-corrected chi connectivity index (χ4v) is 4.37. The summed E-state index contributed by atoms with van der Waals surface area (Å²) in [7, 11) is 0. The molecular formula is C32H36F6O11. The quantitative estimate of drug-likeness (QED) is 0.140. The average Bonchev–Trinajstić information content (AvgIpc) is 3.04. The molecular weight excluding hydrogens is 674 g/mol. The van der Waals surface area contributed by atoms with Crippen LogP contribution < -0.4 is 0 Å². The van der Waals surface area contributed by atoms with Crippen LogP contribution in [-0.4, -0.2) is 111 Å². The fraction of sp³-hybridized carbons (Fsp3) is 0.469. The van der Waals surface area contributed by atoms with Crippen molar-refractivity contribution in [1.29, 1.82) is 0 Å². The van der Waals surface area contributed by atoms with Gasteiger partial charge in [-0.1, -0.05) is 30.3 Å². The minimum Gasteiger partial charge on any atom is -0.388 e. The normalized spacial score (nSPS) is 27.3. The number of hydrogen-bond donors (Lipinski definition) is 6. The molecule has 2 heterocycles. The second kappa shape index (κ2) is 18.4. The molecule has 2 saturated heterocycles. The number of aldehydes is 1. The van der Waals surface area contributed by atoms with Gasteiger partial charge >= 0.3 is 12.4 Å². The number of hydrogen-bond acceptors (Lipinski definition) is 11. The van der Waals surface area contributed by atoms with Gasteiger partial charge in [0, 0.05) is 18.4 Å². The molecule has 8 atom stereocenters. The topological polar surface area (TPSA) is 191 Å². The zero-order chi connectivity index (χ0) is 37.1. The Balaban J connectivity index is 0.000000281. The van der Waals surface area contributed by atoms with E-state index in [4.69, 9.17) is 14.6 Å². The molecule has 272 valence electrons.